The van der Waals surface area contributed by atoms with Crippen LogP contribution in [0, 0.1) is 0 Å². The second kappa shape index (κ2) is 9.42. The Bertz CT molecular complexity index is 934. The van der Waals surface area contributed by atoms with E-state index in [0.717, 1.165) is 28.1 Å². The van der Waals surface area contributed by atoms with Crippen LogP contribution in [0.5, 0.6) is 5.75 Å². The first kappa shape index (κ1) is 19.2. The summed E-state index contributed by atoms with van der Waals surface area (Å²) in [6.45, 7) is 0.545. The van der Waals surface area contributed by atoms with Crippen molar-refractivity contribution in [1.29, 1.82) is 0 Å². The molecule has 0 aromatic heterocycles. The van der Waals surface area contributed by atoms with Crippen molar-refractivity contribution in [1.82, 2.24) is 0 Å². The highest BCUT2D eigenvalue weighted by Gasteiger charge is 2.12. The Labute approximate surface area is 165 Å². The van der Waals surface area contributed by atoms with Crippen LogP contribution >= 0.6 is 0 Å². The molecule has 0 atom stereocenters. The van der Waals surface area contributed by atoms with Crippen molar-refractivity contribution in [2.45, 2.75) is 6.61 Å². The molecule has 0 saturated carbocycles. The Balaban J connectivity index is 1.67. The maximum Gasteiger partial charge on any atom is 0.413 e. The highest BCUT2D eigenvalue weighted by atomic mass is 16.5. The molecule has 0 N–H and O–H groups in total. The third kappa shape index (κ3) is 5.01. The number of para-hydroxylation sites is 1. The van der Waals surface area contributed by atoms with E-state index in [9.17, 15) is 4.79 Å². The summed E-state index contributed by atoms with van der Waals surface area (Å²) in [6, 6.07) is 25.7. The van der Waals surface area contributed by atoms with Crippen LogP contribution in [0.1, 0.15) is 16.7 Å². The van der Waals surface area contributed by atoms with Crippen LogP contribution in [0.2, 0.25) is 0 Å². The zero-order valence-corrected chi connectivity index (χ0v) is 16.0. The van der Waals surface area contributed by atoms with Gasteiger partial charge in [0.2, 0.25) is 0 Å². The van der Waals surface area contributed by atoms with Crippen LogP contribution < -0.4 is 9.64 Å². The summed E-state index contributed by atoms with van der Waals surface area (Å²) in [5, 5.41) is 0. The lowest BCUT2D eigenvalue weighted by Crippen LogP contribution is -2.26. The van der Waals surface area contributed by atoms with Crippen molar-refractivity contribution < 1.29 is 14.3 Å². The van der Waals surface area contributed by atoms with E-state index in [1.807, 2.05) is 91.0 Å². The summed E-state index contributed by atoms with van der Waals surface area (Å²) < 4.78 is 10.6. The minimum atomic E-state index is -0.402. The second-order valence-corrected chi connectivity index (χ2v) is 6.26. The Hall–Kier alpha value is -3.53. The normalized spacial score (nSPS) is 10.6. The van der Waals surface area contributed by atoms with Crippen molar-refractivity contribution in [3.63, 3.8) is 0 Å². The van der Waals surface area contributed by atoms with E-state index >= 15 is 0 Å². The predicted octanol–water partition coefficient (Wildman–Crippen LogP) is 5.64. The van der Waals surface area contributed by atoms with Crippen molar-refractivity contribution in [2.24, 2.45) is 0 Å². The molecule has 3 rings (SSSR count). The number of hydrogen-bond acceptors (Lipinski definition) is 3. The Kier molecular flexibility index (Phi) is 6.47. The van der Waals surface area contributed by atoms with E-state index in [-0.39, 0.29) is 0 Å². The van der Waals surface area contributed by atoms with Gasteiger partial charge in [0.1, 0.15) is 12.4 Å². The number of nitrogens with zero attached hydrogens (tertiary/aromatic N) is 1. The first-order valence-electron chi connectivity index (χ1n) is 9.03. The predicted molar refractivity (Wildman–Crippen MR) is 113 cm³/mol. The average Bonchev–Trinajstić information content (AvgIpc) is 2.77. The quantitative estimate of drug-likeness (QED) is 0.525. The van der Waals surface area contributed by atoms with Crippen molar-refractivity contribution in [2.75, 3.05) is 19.1 Å². The van der Waals surface area contributed by atoms with Crippen LogP contribution in [0.15, 0.2) is 78.9 Å². The van der Waals surface area contributed by atoms with Crippen LogP contribution in [0.3, 0.4) is 0 Å². The number of benzene rings is 3. The van der Waals surface area contributed by atoms with E-state index in [2.05, 4.69) is 0 Å². The summed E-state index contributed by atoms with van der Waals surface area (Å²) in [4.78, 5) is 13.3. The molecule has 0 heterocycles. The molecule has 28 heavy (non-hydrogen) atoms. The standard InChI is InChI=1S/C24H23NO3/c1-25(24(26)27-2)23-11-7-6-10-21(23)15-12-19-13-16-22(17-14-19)28-18-20-8-4-3-5-9-20/h3-17H,18H2,1-2H3/b15-12+. The molecule has 0 spiro atoms. The summed E-state index contributed by atoms with van der Waals surface area (Å²) in [5.41, 5.74) is 3.90. The first-order chi connectivity index (χ1) is 13.7. The van der Waals surface area contributed by atoms with E-state index in [1.54, 1.807) is 7.05 Å². The summed E-state index contributed by atoms with van der Waals surface area (Å²) in [6.07, 6.45) is 3.58. The van der Waals surface area contributed by atoms with Gasteiger partial charge in [-0.1, -0.05) is 72.8 Å². The molecule has 3 aromatic rings. The molecule has 0 unspecified atom stereocenters. The third-order valence-electron chi connectivity index (χ3n) is 4.33. The van der Waals surface area contributed by atoms with Gasteiger partial charge in [0, 0.05) is 7.05 Å². The Morgan fingerprint density at radius 2 is 1.57 bits per heavy atom. The van der Waals surface area contributed by atoms with E-state index in [1.165, 1.54) is 12.0 Å². The lowest BCUT2D eigenvalue weighted by molar-refractivity contribution is 0.180. The Morgan fingerprint density at radius 3 is 2.29 bits per heavy atom. The van der Waals surface area contributed by atoms with Gasteiger partial charge in [-0.2, -0.15) is 0 Å². The molecular weight excluding hydrogens is 350 g/mol. The van der Waals surface area contributed by atoms with Gasteiger partial charge >= 0.3 is 6.09 Å². The molecule has 4 heteroatoms. The smallest absolute Gasteiger partial charge is 0.413 e. The highest BCUT2D eigenvalue weighted by molar-refractivity contribution is 5.91. The van der Waals surface area contributed by atoms with Crippen LogP contribution in [-0.2, 0) is 11.3 Å². The number of ether oxygens (including phenoxy) is 2. The number of anilines is 1. The molecule has 0 bridgehead atoms. The van der Waals surface area contributed by atoms with Gasteiger partial charge < -0.3 is 9.47 Å². The molecule has 0 aliphatic heterocycles. The molecule has 0 fully saturated rings. The largest absolute Gasteiger partial charge is 0.489 e. The number of amides is 1. The minimum Gasteiger partial charge on any atom is -0.489 e. The fourth-order valence-electron chi connectivity index (χ4n) is 2.77. The molecule has 0 radical (unpaired) electrons. The second-order valence-electron chi connectivity index (χ2n) is 6.26. The number of rotatable bonds is 6. The van der Waals surface area contributed by atoms with Crippen molar-refractivity contribution >= 4 is 23.9 Å². The van der Waals surface area contributed by atoms with Gasteiger partial charge in [-0.25, -0.2) is 4.79 Å². The zero-order chi connectivity index (χ0) is 19.8. The van der Waals surface area contributed by atoms with Gasteiger partial charge in [0.25, 0.3) is 0 Å². The number of carbonyl (C=O) groups is 1. The van der Waals surface area contributed by atoms with Gasteiger partial charge in [0.05, 0.1) is 12.8 Å². The summed E-state index contributed by atoms with van der Waals surface area (Å²) in [7, 11) is 3.07. The molecule has 0 aliphatic rings. The molecule has 1 amide bonds. The summed E-state index contributed by atoms with van der Waals surface area (Å²) in [5.74, 6) is 0.826. The molecule has 0 aliphatic carbocycles. The fraction of sp³-hybridized carbons (Fsp3) is 0.125. The first-order valence-corrected chi connectivity index (χ1v) is 9.03. The lowest BCUT2D eigenvalue weighted by atomic mass is 10.1. The maximum absolute atomic E-state index is 11.8. The highest BCUT2D eigenvalue weighted by Crippen LogP contribution is 2.23. The minimum absolute atomic E-state index is 0.402. The van der Waals surface area contributed by atoms with E-state index in [4.69, 9.17) is 9.47 Å². The number of carbonyl (C=O) groups excluding carboxylic acids is 1. The number of methoxy groups -OCH3 is 1. The van der Waals surface area contributed by atoms with Gasteiger partial charge in [0.15, 0.2) is 0 Å². The molecule has 4 nitrogen and oxygen atoms in total. The van der Waals surface area contributed by atoms with Gasteiger partial charge in [-0.15, -0.1) is 0 Å². The van der Waals surface area contributed by atoms with Crippen molar-refractivity contribution in [3.05, 3.63) is 95.6 Å². The summed E-state index contributed by atoms with van der Waals surface area (Å²) >= 11 is 0. The maximum atomic E-state index is 11.8. The molecule has 0 saturated heterocycles. The molecule has 3 aromatic carbocycles. The Morgan fingerprint density at radius 1 is 0.893 bits per heavy atom. The average molecular weight is 373 g/mol. The number of hydrogen-bond donors (Lipinski definition) is 0. The van der Waals surface area contributed by atoms with Crippen LogP contribution in [0.25, 0.3) is 12.2 Å². The van der Waals surface area contributed by atoms with Crippen LogP contribution in [-0.4, -0.2) is 20.3 Å². The SMILES string of the molecule is COC(=O)N(C)c1ccccc1/C=C/c1ccc(OCc2ccccc2)cc1. The van der Waals surface area contributed by atoms with Gasteiger partial charge in [-0.3, -0.25) is 4.90 Å². The topological polar surface area (TPSA) is 38.8 Å². The monoisotopic (exact) mass is 373 g/mol. The van der Waals surface area contributed by atoms with Gasteiger partial charge in [-0.05, 0) is 34.9 Å². The molecular formula is C24H23NO3. The molecule has 142 valence electrons. The van der Waals surface area contributed by atoms with Crippen molar-refractivity contribution in [3.8, 4) is 5.75 Å². The van der Waals surface area contributed by atoms with Crippen LogP contribution in [0.4, 0.5) is 10.5 Å². The lowest BCUT2D eigenvalue weighted by Gasteiger charge is -2.17. The van der Waals surface area contributed by atoms with E-state index in [0.29, 0.717) is 6.61 Å². The van der Waals surface area contributed by atoms with E-state index < -0.39 is 6.09 Å². The third-order valence-corrected chi connectivity index (χ3v) is 4.33. The zero-order valence-electron chi connectivity index (χ0n) is 16.0. The fourth-order valence-corrected chi connectivity index (χ4v) is 2.77.